The summed E-state index contributed by atoms with van der Waals surface area (Å²) < 4.78 is 5.83. The number of ether oxygens (including phenoxy) is 1. The number of carbonyl (C=O) groups is 1. The minimum atomic E-state index is -0.327. The lowest BCUT2D eigenvalue weighted by molar-refractivity contribution is 0.0727. The van der Waals surface area contributed by atoms with Crippen LogP contribution in [0.25, 0.3) is 0 Å². The monoisotopic (exact) mass is 404 g/mol. The molecule has 30 heavy (non-hydrogen) atoms. The van der Waals surface area contributed by atoms with Crippen LogP contribution in [0, 0.1) is 0 Å². The fourth-order valence-corrected chi connectivity index (χ4v) is 3.80. The van der Waals surface area contributed by atoms with Gasteiger partial charge in [0.1, 0.15) is 29.4 Å². The molecule has 0 atom stereocenters. The smallest absolute Gasteiger partial charge is 0.261 e. The minimum Gasteiger partial charge on any atom is -0.508 e. The molecule has 0 radical (unpaired) electrons. The number of hydrogen-bond donors (Lipinski definition) is 3. The SMILES string of the molecule is CNc1cccc2c1CN(C(=O)c1c(O)cc(O)cc1OCc1ccccc1)CC2. The Hall–Kier alpha value is -3.67. The van der Waals surface area contributed by atoms with Crippen molar-refractivity contribution >= 4 is 11.6 Å². The summed E-state index contributed by atoms with van der Waals surface area (Å²) in [7, 11) is 1.86. The molecule has 3 aromatic rings. The molecule has 1 aliphatic heterocycles. The standard InChI is InChI=1S/C24H24N2O4/c1-25-20-9-5-8-17-10-11-26(14-19(17)20)24(29)23-21(28)12-18(27)13-22(23)30-15-16-6-3-2-4-7-16/h2-9,12-13,25,27-28H,10-11,14-15H2,1H3. The van der Waals surface area contributed by atoms with Crippen LogP contribution in [0.5, 0.6) is 17.2 Å². The van der Waals surface area contributed by atoms with Crippen molar-refractivity contribution in [1.29, 1.82) is 0 Å². The number of nitrogens with one attached hydrogen (secondary N) is 1. The van der Waals surface area contributed by atoms with Gasteiger partial charge in [-0.3, -0.25) is 4.79 Å². The number of phenols is 2. The lowest BCUT2D eigenvalue weighted by Crippen LogP contribution is -2.36. The van der Waals surface area contributed by atoms with Gasteiger partial charge in [0.2, 0.25) is 0 Å². The molecule has 0 aromatic heterocycles. The van der Waals surface area contributed by atoms with Gasteiger partial charge in [-0.25, -0.2) is 0 Å². The summed E-state index contributed by atoms with van der Waals surface area (Å²) in [6.45, 7) is 1.19. The Balaban J connectivity index is 1.62. The van der Waals surface area contributed by atoms with Crippen LogP contribution in [0.1, 0.15) is 27.0 Å². The van der Waals surface area contributed by atoms with Crippen molar-refractivity contribution in [3.63, 3.8) is 0 Å². The summed E-state index contributed by atoms with van der Waals surface area (Å²) >= 11 is 0. The first-order valence-electron chi connectivity index (χ1n) is 9.87. The van der Waals surface area contributed by atoms with Crippen molar-refractivity contribution in [3.05, 3.63) is 82.9 Å². The third-order valence-electron chi connectivity index (χ3n) is 5.35. The lowest BCUT2D eigenvalue weighted by Gasteiger charge is -2.31. The van der Waals surface area contributed by atoms with E-state index >= 15 is 0 Å². The average molecular weight is 404 g/mol. The number of amides is 1. The van der Waals surface area contributed by atoms with E-state index in [1.54, 1.807) is 4.90 Å². The zero-order valence-corrected chi connectivity index (χ0v) is 16.8. The summed E-state index contributed by atoms with van der Waals surface area (Å²) in [5.74, 6) is -0.620. The zero-order chi connectivity index (χ0) is 21.1. The first kappa shape index (κ1) is 19.6. The molecule has 154 valence electrons. The van der Waals surface area contributed by atoms with Gasteiger partial charge in [0.15, 0.2) is 0 Å². The Morgan fingerprint density at radius 1 is 1.10 bits per heavy atom. The summed E-state index contributed by atoms with van der Waals surface area (Å²) in [6.07, 6.45) is 0.732. The van der Waals surface area contributed by atoms with Crippen molar-refractivity contribution in [1.82, 2.24) is 4.90 Å². The predicted molar refractivity (Wildman–Crippen MR) is 115 cm³/mol. The van der Waals surface area contributed by atoms with Crippen LogP contribution in [-0.2, 0) is 19.6 Å². The Labute approximate surface area is 175 Å². The van der Waals surface area contributed by atoms with E-state index in [-0.39, 0.29) is 35.3 Å². The van der Waals surface area contributed by atoms with Gasteiger partial charge in [-0.15, -0.1) is 0 Å². The third kappa shape index (κ3) is 3.89. The number of carbonyl (C=O) groups excluding carboxylic acids is 1. The van der Waals surface area contributed by atoms with Crippen molar-refractivity contribution in [3.8, 4) is 17.2 Å². The maximum absolute atomic E-state index is 13.4. The van der Waals surface area contributed by atoms with Gasteiger partial charge in [-0.1, -0.05) is 42.5 Å². The molecule has 3 aromatic carbocycles. The van der Waals surface area contributed by atoms with Gasteiger partial charge in [-0.2, -0.15) is 0 Å². The van der Waals surface area contributed by atoms with E-state index in [1.165, 1.54) is 17.7 Å². The quantitative estimate of drug-likeness (QED) is 0.601. The number of rotatable bonds is 5. The highest BCUT2D eigenvalue weighted by Crippen LogP contribution is 2.36. The molecular weight excluding hydrogens is 380 g/mol. The molecule has 0 saturated carbocycles. The van der Waals surface area contributed by atoms with Crippen LogP contribution < -0.4 is 10.1 Å². The number of hydrogen-bond acceptors (Lipinski definition) is 5. The average Bonchev–Trinajstić information content (AvgIpc) is 2.77. The maximum atomic E-state index is 13.4. The fourth-order valence-electron chi connectivity index (χ4n) is 3.80. The maximum Gasteiger partial charge on any atom is 0.261 e. The Kier molecular flexibility index (Phi) is 5.48. The van der Waals surface area contributed by atoms with E-state index in [2.05, 4.69) is 11.4 Å². The van der Waals surface area contributed by atoms with Crippen LogP contribution in [0.4, 0.5) is 5.69 Å². The molecule has 0 unspecified atom stereocenters. The summed E-state index contributed by atoms with van der Waals surface area (Å²) in [5.41, 5.74) is 4.25. The highest BCUT2D eigenvalue weighted by molar-refractivity contribution is 6.00. The summed E-state index contributed by atoms with van der Waals surface area (Å²) in [4.78, 5) is 15.1. The fraction of sp³-hybridized carbons (Fsp3) is 0.208. The number of fused-ring (bicyclic) bond motifs is 1. The topological polar surface area (TPSA) is 82.0 Å². The molecule has 0 fully saturated rings. The van der Waals surface area contributed by atoms with Gasteiger partial charge in [0.05, 0.1) is 0 Å². The van der Waals surface area contributed by atoms with Crippen LogP contribution >= 0.6 is 0 Å². The number of aromatic hydroxyl groups is 2. The van der Waals surface area contributed by atoms with Crippen LogP contribution in [0.3, 0.4) is 0 Å². The van der Waals surface area contributed by atoms with E-state index in [0.717, 1.165) is 23.2 Å². The second kappa shape index (κ2) is 8.37. The van der Waals surface area contributed by atoms with E-state index in [9.17, 15) is 15.0 Å². The molecule has 0 aliphatic carbocycles. The molecule has 1 amide bonds. The Bertz CT molecular complexity index is 1050. The number of nitrogens with zero attached hydrogens (tertiary/aromatic N) is 1. The molecule has 6 nitrogen and oxygen atoms in total. The van der Waals surface area contributed by atoms with Crippen molar-refractivity contribution in [2.24, 2.45) is 0 Å². The Morgan fingerprint density at radius 2 is 1.90 bits per heavy atom. The molecule has 3 N–H and O–H groups in total. The van der Waals surface area contributed by atoms with Gasteiger partial charge in [-0.05, 0) is 29.2 Å². The Morgan fingerprint density at radius 3 is 2.67 bits per heavy atom. The number of anilines is 1. The van der Waals surface area contributed by atoms with Crippen LogP contribution in [-0.4, -0.2) is 34.6 Å². The van der Waals surface area contributed by atoms with Crippen LogP contribution in [0.2, 0.25) is 0 Å². The van der Waals surface area contributed by atoms with Gasteiger partial charge in [0, 0.05) is 38.0 Å². The van der Waals surface area contributed by atoms with Crippen molar-refractivity contribution in [2.75, 3.05) is 18.9 Å². The lowest BCUT2D eigenvalue weighted by atomic mass is 9.97. The van der Waals surface area contributed by atoms with Gasteiger partial charge < -0.3 is 25.2 Å². The molecule has 0 bridgehead atoms. The molecular formula is C24H24N2O4. The van der Waals surface area contributed by atoms with Crippen LogP contribution in [0.15, 0.2) is 60.7 Å². The van der Waals surface area contributed by atoms with E-state index < -0.39 is 0 Å². The van der Waals surface area contributed by atoms with Gasteiger partial charge >= 0.3 is 0 Å². The summed E-state index contributed by atoms with van der Waals surface area (Å²) in [5, 5.41) is 23.6. The predicted octanol–water partition coefficient (Wildman–Crippen LogP) is 3.92. The van der Waals surface area contributed by atoms with Gasteiger partial charge in [0.25, 0.3) is 5.91 Å². The third-order valence-corrected chi connectivity index (χ3v) is 5.35. The second-order valence-electron chi connectivity index (χ2n) is 7.28. The first-order valence-corrected chi connectivity index (χ1v) is 9.87. The molecule has 0 spiro atoms. The molecule has 1 heterocycles. The minimum absolute atomic E-state index is 0.0640. The number of phenolic OH excluding ortho intramolecular Hbond substituents is 2. The normalized spacial score (nSPS) is 12.9. The molecule has 4 rings (SSSR count). The summed E-state index contributed by atoms with van der Waals surface area (Å²) in [6, 6.07) is 18.1. The molecule has 1 aliphatic rings. The van der Waals surface area contributed by atoms with E-state index in [0.29, 0.717) is 13.1 Å². The van der Waals surface area contributed by atoms with E-state index in [4.69, 9.17) is 4.74 Å². The van der Waals surface area contributed by atoms with Crippen molar-refractivity contribution in [2.45, 2.75) is 19.6 Å². The zero-order valence-electron chi connectivity index (χ0n) is 16.8. The van der Waals surface area contributed by atoms with Crippen molar-refractivity contribution < 1.29 is 19.7 Å². The molecule has 6 heteroatoms. The molecule has 0 saturated heterocycles. The highest BCUT2D eigenvalue weighted by atomic mass is 16.5. The largest absolute Gasteiger partial charge is 0.508 e. The first-order chi connectivity index (χ1) is 14.6. The highest BCUT2D eigenvalue weighted by Gasteiger charge is 2.28. The van der Waals surface area contributed by atoms with E-state index in [1.807, 2.05) is 49.5 Å². The second-order valence-corrected chi connectivity index (χ2v) is 7.28. The number of benzene rings is 3.